The number of fused-ring (bicyclic) bond motifs is 1. The van der Waals surface area contributed by atoms with Crippen molar-refractivity contribution in [2.45, 2.75) is 32.4 Å². The maximum Gasteiger partial charge on any atom is 0.387 e. The first-order chi connectivity index (χ1) is 14.7. The Morgan fingerprint density at radius 3 is 2.70 bits per heavy atom. The van der Waals surface area contributed by atoms with Gasteiger partial charge in [-0.25, -0.2) is 0 Å². The minimum Gasteiger partial charge on any atom is -0.454 e. The van der Waals surface area contributed by atoms with Crippen LogP contribution < -0.4 is 24.8 Å². The van der Waals surface area contributed by atoms with Gasteiger partial charge in [0.2, 0.25) is 6.79 Å². The van der Waals surface area contributed by atoms with Crippen molar-refractivity contribution in [3.05, 3.63) is 17.7 Å². The number of nitrogens with zero attached hydrogens (tertiary/aromatic N) is 1. The molecular formula is C20H29F2N3O5. The SMILES string of the molecule is CN=C(NCCCOCC1CCOCC1)NCc1cc2c(cc1OC(F)F)OCO2. The zero-order valence-corrected chi connectivity index (χ0v) is 17.1. The van der Waals surface area contributed by atoms with Crippen LogP contribution in [0.4, 0.5) is 8.78 Å². The van der Waals surface area contributed by atoms with Gasteiger partial charge >= 0.3 is 6.61 Å². The molecule has 0 aliphatic carbocycles. The molecule has 3 rings (SSSR count). The highest BCUT2D eigenvalue weighted by Gasteiger charge is 2.20. The van der Waals surface area contributed by atoms with Crippen LogP contribution in [0.3, 0.4) is 0 Å². The monoisotopic (exact) mass is 429 g/mol. The highest BCUT2D eigenvalue weighted by atomic mass is 19.3. The van der Waals surface area contributed by atoms with Crippen LogP contribution in [-0.2, 0) is 16.0 Å². The van der Waals surface area contributed by atoms with Crippen molar-refractivity contribution in [2.24, 2.45) is 10.9 Å². The van der Waals surface area contributed by atoms with Gasteiger partial charge in [-0.3, -0.25) is 4.99 Å². The maximum absolute atomic E-state index is 12.7. The number of alkyl halides is 2. The van der Waals surface area contributed by atoms with Gasteiger partial charge in [-0.2, -0.15) is 8.78 Å². The minimum absolute atomic E-state index is 0.0405. The number of ether oxygens (including phenoxy) is 5. The fourth-order valence-electron chi connectivity index (χ4n) is 3.25. The van der Waals surface area contributed by atoms with Gasteiger partial charge in [0.25, 0.3) is 0 Å². The van der Waals surface area contributed by atoms with E-state index in [0.29, 0.717) is 42.1 Å². The largest absolute Gasteiger partial charge is 0.454 e. The molecule has 0 radical (unpaired) electrons. The lowest BCUT2D eigenvalue weighted by Crippen LogP contribution is -2.37. The first-order valence-electron chi connectivity index (χ1n) is 10.1. The number of nitrogens with one attached hydrogen (secondary N) is 2. The molecule has 0 unspecified atom stereocenters. The topological polar surface area (TPSA) is 82.6 Å². The Morgan fingerprint density at radius 1 is 1.20 bits per heavy atom. The molecule has 2 heterocycles. The number of hydrogen-bond acceptors (Lipinski definition) is 6. The molecule has 10 heteroatoms. The van der Waals surface area contributed by atoms with Crippen molar-refractivity contribution in [1.82, 2.24) is 10.6 Å². The zero-order chi connectivity index (χ0) is 21.2. The number of halogens is 2. The van der Waals surface area contributed by atoms with E-state index in [2.05, 4.69) is 20.4 Å². The molecular weight excluding hydrogens is 400 g/mol. The van der Waals surface area contributed by atoms with E-state index in [9.17, 15) is 8.78 Å². The van der Waals surface area contributed by atoms with Gasteiger partial charge in [0.1, 0.15) is 5.75 Å². The predicted molar refractivity (Wildman–Crippen MR) is 106 cm³/mol. The molecule has 0 spiro atoms. The Kier molecular flexibility index (Phi) is 8.76. The van der Waals surface area contributed by atoms with Gasteiger partial charge in [-0.15, -0.1) is 0 Å². The van der Waals surface area contributed by atoms with Crippen LogP contribution in [-0.4, -0.2) is 59.4 Å². The standard InChI is InChI=1S/C20H29F2N3O5/c1-23-20(24-5-2-6-27-12-14-3-7-26-8-4-14)25-11-15-9-17-18(29-13-28-17)10-16(15)30-19(21)22/h9-10,14,19H,2-8,11-13H2,1H3,(H2,23,24,25). The van der Waals surface area contributed by atoms with E-state index in [1.54, 1.807) is 13.1 Å². The Morgan fingerprint density at radius 2 is 1.97 bits per heavy atom. The maximum atomic E-state index is 12.7. The normalized spacial score (nSPS) is 16.7. The summed E-state index contributed by atoms with van der Waals surface area (Å²) in [6, 6.07) is 3.04. The van der Waals surface area contributed by atoms with Crippen molar-refractivity contribution in [2.75, 3.05) is 46.8 Å². The average molecular weight is 429 g/mol. The molecule has 30 heavy (non-hydrogen) atoms. The van der Waals surface area contributed by atoms with E-state index >= 15 is 0 Å². The van der Waals surface area contributed by atoms with Crippen LogP contribution in [0.1, 0.15) is 24.8 Å². The van der Waals surface area contributed by atoms with Crippen molar-refractivity contribution in [3.63, 3.8) is 0 Å². The second-order valence-electron chi connectivity index (χ2n) is 7.03. The Labute approximate surface area is 174 Å². The zero-order valence-electron chi connectivity index (χ0n) is 17.1. The summed E-state index contributed by atoms with van der Waals surface area (Å²) in [6.45, 7) is 1.12. The molecule has 1 aromatic carbocycles. The smallest absolute Gasteiger partial charge is 0.387 e. The number of benzene rings is 1. The van der Waals surface area contributed by atoms with E-state index in [-0.39, 0.29) is 19.1 Å². The summed E-state index contributed by atoms with van der Waals surface area (Å²) in [5.74, 6) is 2.07. The molecule has 2 N–H and O–H groups in total. The first kappa shape index (κ1) is 22.4. The molecule has 0 saturated carbocycles. The summed E-state index contributed by atoms with van der Waals surface area (Å²) in [5, 5.41) is 6.28. The van der Waals surface area contributed by atoms with Crippen LogP contribution in [0.2, 0.25) is 0 Å². The van der Waals surface area contributed by atoms with Gasteiger partial charge in [-0.1, -0.05) is 0 Å². The molecule has 168 valence electrons. The highest BCUT2D eigenvalue weighted by molar-refractivity contribution is 5.79. The molecule has 2 aliphatic rings. The number of rotatable bonds is 10. The van der Waals surface area contributed by atoms with Crippen LogP contribution in [0, 0.1) is 5.92 Å². The van der Waals surface area contributed by atoms with E-state index in [1.165, 1.54) is 6.07 Å². The van der Waals surface area contributed by atoms with Crippen molar-refractivity contribution < 1.29 is 32.5 Å². The van der Waals surface area contributed by atoms with E-state index in [4.69, 9.17) is 18.9 Å². The van der Waals surface area contributed by atoms with Crippen LogP contribution in [0.15, 0.2) is 17.1 Å². The lowest BCUT2D eigenvalue weighted by atomic mass is 10.0. The lowest BCUT2D eigenvalue weighted by molar-refractivity contribution is -0.0505. The molecule has 0 atom stereocenters. The second kappa shape index (κ2) is 11.8. The minimum atomic E-state index is -2.93. The van der Waals surface area contributed by atoms with Crippen LogP contribution in [0.5, 0.6) is 17.2 Å². The van der Waals surface area contributed by atoms with Crippen LogP contribution in [0.25, 0.3) is 0 Å². The number of hydrogen-bond donors (Lipinski definition) is 2. The summed E-state index contributed by atoms with van der Waals surface area (Å²) in [5.41, 5.74) is 0.516. The van der Waals surface area contributed by atoms with E-state index < -0.39 is 6.61 Å². The molecule has 0 amide bonds. The molecule has 1 fully saturated rings. The fourth-order valence-corrected chi connectivity index (χ4v) is 3.25. The average Bonchev–Trinajstić information content (AvgIpc) is 3.20. The summed E-state index contributed by atoms with van der Waals surface area (Å²) in [6.07, 6.45) is 2.95. The van der Waals surface area contributed by atoms with Gasteiger partial charge in [0, 0.05) is 58.2 Å². The Balaban J connectivity index is 1.39. The third-order valence-corrected chi connectivity index (χ3v) is 4.89. The third kappa shape index (κ3) is 6.88. The van der Waals surface area contributed by atoms with E-state index in [0.717, 1.165) is 39.1 Å². The van der Waals surface area contributed by atoms with Gasteiger partial charge in [-0.05, 0) is 31.2 Å². The van der Waals surface area contributed by atoms with E-state index in [1.807, 2.05) is 0 Å². The van der Waals surface area contributed by atoms with Crippen molar-refractivity contribution in [3.8, 4) is 17.2 Å². The summed E-state index contributed by atoms with van der Waals surface area (Å²) >= 11 is 0. The quantitative estimate of drug-likeness (QED) is 0.336. The molecule has 0 bridgehead atoms. The van der Waals surface area contributed by atoms with Gasteiger partial charge in [0.15, 0.2) is 17.5 Å². The predicted octanol–water partition coefficient (Wildman–Crippen LogP) is 2.51. The second-order valence-corrected chi connectivity index (χ2v) is 7.03. The molecule has 1 saturated heterocycles. The molecule has 2 aliphatic heterocycles. The first-order valence-corrected chi connectivity index (χ1v) is 10.1. The van der Waals surface area contributed by atoms with Crippen molar-refractivity contribution in [1.29, 1.82) is 0 Å². The fraction of sp³-hybridized carbons (Fsp3) is 0.650. The Bertz CT molecular complexity index is 699. The molecule has 1 aromatic rings. The number of aliphatic imine (C=N–C) groups is 1. The molecule has 0 aromatic heterocycles. The summed E-state index contributed by atoms with van der Waals surface area (Å²) in [7, 11) is 1.65. The summed E-state index contributed by atoms with van der Waals surface area (Å²) < 4.78 is 51.7. The lowest BCUT2D eigenvalue weighted by Gasteiger charge is -2.21. The number of guanidine groups is 1. The highest BCUT2D eigenvalue weighted by Crippen LogP contribution is 2.38. The van der Waals surface area contributed by atoms with Gasteiger partial charge in [0.05, 0.1) is 0 Å². The molecule has 8 nitrogen and oxygen atoms in total. The third-order valence-electron chi connectivity index (χ3n) is 4.89. The van der Waals surface area contributed by atoms with Gasteiger partial charge < -0.3 is 34.3 Å². The summed E-state index contributed by atoms with van der Waals surface area (Å²) in [4.78, 5) is 4.15. The van der Waals surface area contributed by atoms with Crippen molar-refractivity contribution >= 4 is 5.96 Å². The Hall–Kier alpha value is -2.33. The van der Waals surface area contributed by atoms with Crippen LogP contribution >= 0.6 is 0 Å².